The number of para-hydroxylation sites is 1. The molecule has 0 aromatic heterocycles. The average molecular weight is 692 g/mol. The summed E-state index contributed by atoms with van der Waals surface area (Å²) < 4.78 is 18.6. The predicted octanol–water partition coefficient (Wildman–Crippen LogP) is 3.75. The number of nitrogens with one attached hydrogen (secondary N) is 1. The molecule has 260 valence electrons. The Hall–Kier alpha value is -4.03. The van der Waals surface area contributed by atoms with E-state index in [1.807, 2.05) is 30.3 Å². The molecule has 2 saturated heterocycles. The van der Waals surface area contributed by atoms with E-state index >= 15 is 0 Å². The molecule has 4 heterocycles. The van der Waals surface area contributed by atoms with Crippen molar-refractivity contribution in [1.29, 1.82) is 0 Å². The smallest absolute Gasteiger partial charge is 0.313 e. The average Bonchev–Trinajstić information content (AvgIpc) is 3.48. The van der Waals surface area contributed by atoms with Gasteiger partial charge in [-0.15, -0.1) is 0 Å². The number of fused-ring (bicyclic) bond motifs is 2. The van der Waals surface area contributed by atoms with E-state index in [0.29, 0.717) is 42.0 Å². The maximum Gasteiger partial charge on any atom is 0.313 e. The number of methoxy groups -OCH3 is 1. The van der Waals surface area contributed by atoms with E-state index in [9.17, 15) is 24.3 Å². The zero-order chi connectivity index (χ0) is 34.5. The lowest BCUT2D eigenvalue weighted by molar-refractivity contribution is -0.162. The Morgan fingerprint density at radius 3 is 2.53 bits per heavy atom. The molecule has 0 unspecified atom stereocenters. The predicted molar refractivity (Wildman–Crippen MR) is 181 cm³/mol. The Morgan fingerprint density at radius 2 is 1.78 bits per heavy atom. The molecule has 11 nitrogen and oxygen atoms in total. The molecule has 0 radical (unpaired) electrons. The van der Waals surface area contributed by atoms with Crippen LogP contribution in [0.2, 0.25) is 5.02 Å². The molecule has 2 N–H and O–H groups in total. The van der Waals surface area contributed by atoms with Crippen molar-refractivity contribution in [3.8, 4) is 0 Å². The van der Waals surface area contributed by atoms with Crippen molar-refractivity contribution in [1.82, 2.24) is 10.2 Å². The number of halogens is 1. The summed E-state index contributed by atoms with van der Waals surface area (Å²) in [5.74, 6) is -3.82. The van der Waals surface area contributed by atoms with Gasteiger partial charge in [0.25, 0.3) is 5.91 Å². The highest BCUT2D eigenvalue weighted by Gasteiger charge is 2.71. The second-order valence-corrected chi connectivity index (χ2v) is 13.2. The maximum absolute atomic E-state index is 14.7. The molecule has 2 fully saturated rings. The Bertz CT molecular complexity index is 1600. The summed E-state index contributed by atoms with van der Waals surface area (Å²) in [7, 11) is 1.51. The molecule has 12 heteroatoms. The van der Waals surface area contributed by atoms with E-state index in [-0.39, 0.29) is 50.4 Å². The van der Waals surface area contributed by atoms with Gasteiger partial charge in [-0.1, -0.05) is 78.4 Å². The van der Waals surface area contributed by atoms with Gasteiger partial charge < -0.3 is 34.4 Å². The second kappa shape index (κ2) is 15.2. The number of amides is 3. The van der Waals surface area contributed by atoms with E-state index < -0.39 is 47.7 Å². The Balaban J connectivity index is 1.43. The summed E-state index contributed by atoms with van der Waals surface area (Å²) >= 11 is 6.57. The van der Waals surface area contributed by atoms with Gasteiger partial charge in [-0.25, -0.2) is 0 Å². The SMILES string of the molecule is COC[C@@H]1NC(=O)CC/C=C\[C@@H]2O[C@@]34C=CCN(c5ccccc5Cl)C(=O)[C@@H]3N(CCCCCO)C(=O)[C@H]4[C@@H]2C(=O)O[C@H]1c1ccccc1. The normalized spacial score (nSPS) is 30.8. The van der Waals surface area contributed by atoms with Crippen LogP contribution in [0.4, 0.5) is 5.69 Å². The van der Waals surface area contributed by atoms with Crippen molar-refractivity contribution in [3.05, 3.63) is 89.5 Å². The minimum Gasteiger partial charge on any atom is -0.455 e. The number of carbonyl (C=O) groups excluding carboxylic acids is 4. The van der Waals surface area contributed by atoms with Crippen LogP contribution in [0.5, 0.6) is 0 Å². The lowest BCUT2D eigenvalue weighted by Gasteiger charge is -2.35. The molecule has 7 atom stereocenters. The third-order valence-electron chi connectivity index (χ3n) is 9.76. The van der Waals surface area contributed by atoms with Gasteiger partial charge in [-0.2, -0.15) is 0 Å². The van der Waals surface area contributed by atoms with E-state index in [1.165, 1.54) is 12.0 Å². The van der Waals surface area contributed by atoms with Crippen molar-refractivity contribution in [3.63, 3.8) is 0 Å². The van der Waals surface area contributed by atoms with Crippen molar-refractivity contribution in [2.75, 3.05) is 38.3 Å². The number of benzene rings is 2. The molecule has 0 bridgehead atoms. The highest BCUT2D eigenvalue weighted by atomic mass is 35.5. The lowest BCUT2D eigenvalue weighted by atomic mass is 9.77. The maximum atomic E-state index is 14.7. The summed E-state index contributed by atoms with van der Waals surface area (Å²) in [6.07, 6.45) is 7.48. The molecule has 3 amide bonds. The van der Waals surface area contributed by atoms with Gasteiger partial charge in [0.1, 0.15) is 23.7 Å². The van der Waals surface area contributed by atoms with Crippen LogP contribution in [0, 0.1) is 11.8 Å². The Labute approximate surface area is 290 Å². The third-order valence-corrected chi connectivity index (χ3v) is 10.1. The summed E-state index contributed by atoms with van der Waals surface area (Å²) in [4.78, 5) is 60.0. The number of unbranched alkanes of at least 4 members (excludes halogenated alkanes) is 2. The van der Waals surface area contributed by atoms with Crippen LogP contribution in [0.25, 0.3) is 0 Å². The zero-order valence-electron chi connectivity index (χ0n) is 27.4. The van der Waals surface area contributed by atoms with Gasteiger partial charge in [0.05, 0.1) is 35.4 Å². The van der Waals surface area contributed by atoms with Gasteiger partial charge in [0.2, 0.25) is 11.8 Å². The number of hydrogen-bond acceptors (Lipinski definition) is 8. The number of anilines is 1. The van der Waals surface area contributed by atoms with Gasteiger partial charge in [-0.05, 0) is 43.4 Å². The summed E-state index contributed by atoms with van der Waals surface area (Å²) in [5, 5.41) is 12.7. The van der Waals surface area contributed by atoms with Gasteiger partial charge in [-0.3, -0.25) is 19.2 Å². The van der Waals surface area contributed by atoms with Crippen LogP contribution in [-0.2, 0) is 33.4 Å². The zero-order valence-corrected chi connectivity index (χ0v) is 28.2. The quantitative estimate of drug-likeness (QED) is 0.231. The first-order valence-electron chi connectivity index (χ1n) is 16.8. The van der Waals surface area contributed by atoms with Crippen LogP contribution >= 0.6 is 11.6 Å². The van der Waals surface area contributed by atoms with Gasteiger partial charge in [0.15, 0.2) is 0 Å². The van der Waals surface area contributed by atoms with Crippen LogP contribution in [0.1, 0.15) is 43.8 Å². The van der Waals surface area contributed by atoms with Crippen LogP contribution in [0.3, 0.4) is 0 Å². The number of cyclic esters (lactones) is 1. The summed E-state index contributed by atoms with van der Waals surface area (Å²) in [6, 6.07) is 14.3. The van der Waals surface area contributed by atoms with E-state index in [4.69, 9.17) is 25.8 Å². The fourth-order valence-electron chi connectivity index (χ4n) is 7.59. The van der Waals surface area contributed by atoms with Crippen molar-refractivity contribution in [2.45, 2.75) is 62.0 Å². The van der Waals surface area contributed by atoms with E-state index in [0.717, 1.165) is 0 Å². The largest absolute Gasteiger partial charge is 0.455 e. The molecule has 1 spiro atoms. The standard InChI is InChI=1S/C37H42ClN3O8/c1-47-23-26-32(24-13-4-2-5-14-24)48-36(46)30-28(17-8-9-18-29(43)39-26)49-37-19-12-21-40(27-16-7-6-15-25(27)38)35(45)33(37)41(34(44)31(30)37)20-10-3-11-22-42/h2,4-8,12-17,19,26,28,30-33,42H,3,9-11,18,20-23H2,1H3,(H,39,43)/b17-8-/t26-,28-,30+,31+,32-,33-,37+/m0/s1. The molecule has 2 aromatic rings. The first kappa shape index (κ1) is 34.8. The number of allylic oxidation sites excluding steroid dienone is 1. The molecular weight excluding hydrogens is 650 g/mol. The van der Waals surface area contributed by atoms with Gasteiger partial charge >= 0.3 is 5.97 Å². The molecular formula is C37H42ClN3O8. The second-order valence-electron chi connectivity index (χ2n) is 12.8. The molecule has 4 aliphatic rings. The van der Waals surface area contributed by atoms with E-state index in [2.05, 4.69) is 5.32 Å². The van der Waals surface area contributed by atoms with Crippen molar-refractivity contribution < 1.29 is 38.5 Å². The number of nitrogens with zero attached hydrogens (tertiary/aromatic N) is 2. The molecule has 0 saturated carbocycles. The lowest BCUT2D eigenvalue weighted by Crippen LogP contribution is -2.55. The Morgan fingerprint density at radius 1 is 1.00 bits per heavy atom. The minimum atomic E-state index is -1.48. The highest BCUT2D eigenvalue weighted by Crippen LogP contribution is 2.53. The first-order chi connectivity index (χ1) is 23.8. The molecule has 2 aromatic carbocycles. The number of aliphatic hydroxyl groups excluding tert-OH is 1. The van der Waals surface area contributed by atoms with Crippen molar-refractivity contribution >= 4 is 41.0 Å². The van der Waals surface area contributed by atoms with Gasteiger partial charge in [0, 0.05) is 33.2 Å². The van der Waals surface area contributed by atoms with Crippen molar-refractivity contribution in [2.24, 2.45) is 11.8 Å². The minimum absolute atomic E-state index is 0.0179. The molecule has 49 heavy (non-hydrogen) atoms. The first-order valence-corrected chi connectivity index (χ1v) is 17.2. The summed E-state index contributed by atoms with van der Waals surface area (Å²) in [5.41, 5.74) is -0.331. The Kier molecular flexibility index (Phi) is 10.8. The number of rotatable bonds is 9. The van der Waals surface area contributed by atoms with Crippen LogP contribution < -0.4 is 10.2 Å². The van der Waals surface area contributed by atoms with E-state index in [1.54, 1.807) is 53.5 Å². The molecule has 6 rings (SSSR count). The third kappa shape index (κ3) is 6.77. The van der Waals surface area contributed by atoms with Crippen LogP contribution in [0.15, 0.2) is 78.9 Å². The molecule has 4 aliphatic heterocycles. The highest BCUT2D eigenvalue weighted by molar-refractivity contribution is 6.34. The number of esters is 1. The summed E-state index contributed by atoms with van der Waals surface area (Å²) in [6.45, 7) is 0.508. The number of likely N-dealkylation sites (tertiary alicyclic amines) is 1. The number of ether oxygens (including phenoxy) is 3. The molecule has 0 aliphatic carbocycles. The fourth-order valence-corrected chi connectivity index (χ4v) is 7.83. The number of carbonyl (C=O) groups is 4. The number of hydrogen-bond donors (Lipinski definition) is 2. The number of aliphatic hydroxyl groups is 1. The van der Waals surface area contributed by atoms with Crippen LogP contribution in [-0.4, -0.2) is 90.9 Å². The fraction of sp³-hybridized carbons (Fsp3) is 0.459. The topological polar surface area (TPSA) is 135 Å². The monoisotopic (exact) mass is 691 g/mol.